The third-order valence-corrected chi connectivity index (χ3v) is 5.79. The van der Waals surface area contributed by atoms with E-state index in [-0.39, 0.29) is 38.7 Å². The first kappa shape index (κ1) is 26.6. The van der Waals surface area contributed by atoms with Crippen molar-refractivity contribution in [1.82, 2.24) is 19.9 Å². The minimum absolute atomic E-state index is 0.00309. The van der Waals surface area contributed by atoms with Crippen LogP contribution in [0.3, 0.4) is 0 Å². The van der Waals surface area contributed by atoms with Crippen LogP contribution in [0, 0.1) is 17.1 Å². The van der Waals surface area contributed by atoms with Gasteiger partial charge in [-0.2, -0.15) is 5.26 Å². The summed E-state index contributed by atoms with van der Waals surface area (Å²) in [6.07, 6.45) is 3.73. The van der Waals surface area contributed by atoms with Crippen LogP contribution in [0.4, 0.5) is 10.2 Å². The van der Waals surface area contributed by atoms with Crippen molar-refractivity contribution in [3.8, 4) is 11.8 Å². The number of nitrogens with zero attached hydrogens (tertiary/aromatic N) is 6. The Labute approximate surface area is 219 Å². The van der Waals surface area contributed by atoms with Crippen molar-refractivity contribution in [2.45, 2.75) is 18.9 Å². The summed E-state index contributed by atoms with van der Waals surface area (Å²) in [5, 5.41) is 17.6. The summed E-state index contributed by atoms with van der Waals surface area (Å²) in [4.78, 5) is 27.4. The van der Waals surface area contributed by atoms with E-state index in [2.05, 4.69) is 19.9 Å². The van der Waals surface area contributed by atoms with Gasteiger partial charge in [-0.15, -0.1) is 0 Å². The predicted molar refractivity (Wildman–Crippen MR) is 128 cm³/mol. The number of aromatic carboxylic acids is 1. The van der Waals surface area contributed by atoms with E-state index in [0.29, 0.717) is 36.8 Å². The monoisotopic (exact) mass is 558 g/mol. The summed E-state index contributed by atoms with van der Waals surface area (Å²) in [7, 11) is 0. The van der Waals surface area contributed by atoms with Crippen molar-refractivity contribution in [3.63, 3.8) is 0 Å². The van der Waals surface area contributed by atoms with E-state index in [9.17, 15) is 9.18 Å². The van der Waals surface area contributed by atoms with Gasteiger partial charge in [0, 0.05) is 31.0 Å². The molecule has 3 heterocycles. The number of carbonyl (C=O) groups is 1. The molecule has 1 aliphatic rings. The molecule has 182 valence electrons. The van der Waals surface area contributed by atoms with Crippen LogP contribution in [-0.2, 0) is 0 Å². The number of halogens is 5. The van der Waals surface area contributed by atoms with Crippen LogP contribution < -0.4 is 9.64 Å². The Kier molecular flexibility index (Phi) is 9.23. The molecular weight excluding hydrogens is 545 g/mol. The molecule has 2 aromatic heterocycles. The van der Waals surface area contributed by atoms with Crippen LogP contribution in [0.1, 0.15) is 29.0 Å². The zero-order chi connectivity index (χ0) is 25.5. The molecular formula is C21H15Cl4FN6O3. The summed E-state index contributed by atoms with van der Waals surface area (Å²) in [6.45, 7) is 1.31. The first-order valence-electron chi connectivity index (χ1n) is 9.88. The maximum Gasteiger partial charge on any atom is 0.356 e. The van der Waals surface area contributed by atoms with Gasteiger partial charge in [-0.3, -0.25) is 0 Å². The number of benzene rings is 1. The van der Waals surface area contributed by atoms with Crippen LogP contribution >= 0.6 is 46.4 Å². The second-order valence-electron chi connectivity index (χ2n) is 7.00. The Bertz CT molecular complexity index is 1270. The first-order chi connectivity index (χ1) is 16.7. The Hall–Kier alpha value is -2.97. The molecule has 1 aromatic carbocycles. The molecule has 0 spiro atoms. The third kappa shape index (κ3) is 7.26. The maximum atomic E-state index is 13.8. The molecule has 9 nitrogen and oxygen atoms in total. The van der Waals surface area contributed by atoms with Gasteiger partial charge < -0.3 is 14.7 Å². The number of anilines is 1. The van der Waals surface area contributed by atoms with Crippen molar-refractivity contribution in [2.24, 2.45) is 0 Å². The van der Waals surface area contributed by atoms with Gasteiger partial charge in [0.05, 0.1) is 12.4 Å². The Balaban J connectivity index is 0.000000261. The number of carboxylic acid groups (broad SMARTS) is 1. The van der Waals surface area contributed by atoms with Gasteiger partial charge in [0.1, 0.15) is 12.2 Å². The summed E-state index contributed by atoms with van der Waals surface area (Å²) in [5.74, 6) is -0.900. The SMILES string of the molecule is N#Cc1cnc(N2CCC(Oc3ccc(Cl)cc3F)CC2)c(Cl)n1.O=C(O)c1cnc(Cl)c(Cl)n1. The van der Waals surface area contributed by atoms with Crippen LogP contribution in [0.5, 0.6) is 5.75 Å². The van der Waals surface area contributed by atoms with Crippen molar-refractivity contribution in [2.75, 3.05) is 18.0 Å². The number of hydrogen-bond acceptors (Lipinski definition) is 8. The van der Waals surface area contributed by atoms with Crippen molar-refractivity contribution in [1.29, 1.82) is 5.26 Å². The maximum absolute atomic E-state index is 13.8. The summed E-state index contributed by atoms with van der Waals surface area (Å²) in [6, 6.07) is 6.27. The molecule has 0 unspecified atom stereocenters. The molecule has 1 N–H and O–H groups in total. The smallest absolute Gasteiger partial charge is 0.356 e. The largest absolute Gasteiger partial charge is 0.487 e. The predicted octanol–water partition coefficient (Wildman–Crippen LogP) is 5.32. The van der Waals surface area contributed by atoms with E-state index in [4.69, 9.17) is 61.5 Å². The molecule has 0 atom stereocenters. The van der Waals surface area contributed by atoms with E-state index >= 15 is 0 Å². The fourth-order valence-corrected chi connectivity index (χ4v) is 3.67. The van der Waals surface area contributed by atoms with Gasteiger partial charge >= 0.3 is 5.97 Å². The highest BCUT2D eigenvalue weighted by Gasteiger charge is 2.24. The minimum atomic E-state index is -1.18. The summed E-state index contributed by atoms with van der Waals surface area (Å²) >= 11 is 22.6. The lowest BCUT2D eigenvalue weighted by Gasteiger charge is -2.33. The second kappa shape index (κ2) is 12.1. The molecule has 14 heteroatoms. The van der Waals surface area contributed by atoms with Gasteiger partial charge in [0.25, 0.3) is 0 Å². The number of hydrogen-bond donors (Lipinski definition) is 1. The lowest BCUT2D eigenvalue weighted by molar-refractivity contribution is 0.0690. The number of ether oxygens (including phenoxy) is 1. The molecule has 4 rings (SSSR count). The fraction of sp³-hybridized carbons (Fsp3) is 0.238. The molecule has 3 aromatic rings. The van der Waals surface area contributed by atoms with E-state index in [1.54, 1.807) is 6.07 Å². The van der Waals surface area contributed by atoms with Crippen molar-refractivity contribution < 1.29 is 19.0 Å². The van der Waals surface area contributed by atoms with Gasteiger partial charge in [0.2, 0.25) is 0 Å². The normalized spacial score (nSPS) is 13.4. The molecule has 1 saturated heterocycles. The molecule has 0 bridgehead atoms. The molecule has 0 aliphatic carbocycles. The number of nitriles is 1. The minimum Gasteiger partial charge on any atom is -0.487 e. The average Bonchev–Trinajstić information content (AvgIpc) is 2.83. The van der Waals surface area contributed by atoms with Gasteiger partial charge in [-0.05, 0) is 18.2 Å². The first-order valence-corrected chi connectivity index (χ1v) is 11.4. The van der Waals surface area contributed by atoms with E-state index < -0.39 is 11.8 Å². The standard InChI is InChI=1S/C16H13Cl2FN4O.C5H2Cl2N2O2/c17-10-1-2-14(13(19)7-10)24-12-3-5-23(6-4-12)16-15(18)22-11(8-20)9-21-16;6-3-4(7)9-2(1-8-3)5(10)11/h1-2,7,9,12H,3-6H2;1H,(H,10,11). The Morgan fingerprint density at radius 1 is 1.09 bits per heavy atom. The molecule has 35 heavy (non-hydrogen) atoms. The number of piperidine rings is 1. The second-order valence-corrected chi connectivity index (χ2v) is 8.51. The van der Waals surface area contributed by atoms with Crippen LogP contribution in [0.15, 0.2) is 30.6 Å². The van der Waals surface area contributed by atoms with Gasteiger partial charge in [0.15, 0.2) is 44.2 Å². The quantitative estimate of drug-likeness (QED) is 0.451. The summed E-state index contributed by atoms with van der Waals surface area (Å²) in [5.41, 5.74) is -0.0421. The van der Waals surface area contributed by atoms with E-state index in [1.807, 2.05) is 11.0 Å². The number of rotatable bonds is 4. The van der Waals surface area contributed by atoms with Crippen molar-refractivity contribution >= 4 is 58.2 Å². The summed E-state index contributed by atoms with van der Waals surface area (Å²) < 4.78 is 19.5. The van der Waals surface area contributed by atoms with E-state index in [1.165, 1.54) is 18.3 Å². The van der Waals surface area contributed by atoms with Crippen LogP contribution in [0.2, 0.25) is 20.5 Å². The lowest BCUT2D eigenvalue weighted by Crippen LogP contribution is -2.39. The molecule has 0 radical (unpaired) electrons. The fourth-order valence-electron chi connectivity index (χ4n) is 3.02. The number of aromatic nitrogens is 4. The Morgan fingerprint density at radius 3 is 2.37 bits per heavy atom. The van der Waals surface area contributed by atoms with Crippen LogP contribution in [0.25, 0.3) is 0 Å². The molecule has 1 fully saturated rings. The lowest BCUT2D eigenvalue weighted by atomic mass is 10.1. The Morgan fingerprint density at radius 2 is 1.80 bits per heavy atom. The number of carboxylic acids is 1. The average molecular weight is 560 g/mol. The zero-order valence-electron chi connectivity index (χ0n) is 17.6. The van der Waals surface area contributed by atoms with Gasteiger partial charge in [-0.25, -0.2) is 29.1 Å². The highest BCUT2D eigenvalue weighted by molar-refractivity contribution is 6.40. The van der Waals surface area contributed by atoms with Crippen LogP contribution in [-0.4, -0.2) is 50.2 Å². The molecule has 1 aliphatic heterocycles. The third-order valence-electron chi connectivity index (χ3n) is 4.66. The highest BCUT2D eigenvalue weighted by Crippen LogP contribution is 2.28. The molecule has 0 amide bonds. The zero-order valence-corrected chi connectivity index (χ0v) is 20.7. The van der Waals surface area contributed by atoms with E-state index in [0.717, 1.165) is 6.20 Å². The van der Waals surface area contributed by atoms with Crippen molar-refractivity contribution in [3.05, 3.63) is 68.3 Å². The van der Waals surface area contributed by atoms with Gasteiger partial charge in [-0.1, -0.05) is 46.4 Å². The topological polar surface area (TPSA) is 125 Å². The highest BCUT2D eigenvalue weighted by atomic mass is 35.5. The molecule has 0 saturated carbocycles.